The number of ether oxygens (including phenoxy) is 2. The van der Waals surface area contributed by atoms with E-state index in [-0.39, 0.29) is 12.1 Å². The minimum Gasteiger partial charge on any atom is -0.457 e. The molecule has 2 atom stereocenters. The Kier molecular flexibility index (Phi) is 19.2. The summed E-state index contributed by atoms with van der Waals surface area (Å²) < 4.78 is 16.4. The fraction of sp³-hybridized carbons (Fsp3) is 0.250. The zero-order valence-electron chi connectivity index (χ0n) is 50.2. The molecule has 86 heavy (non-hydrogen) atoms. The van der Waals surface area contributed by atoms with Gasteiger partial charge in [-0.05, 0) is 155 Å². The van der Waals surface area contributed by atoms with E-state index < -0.39 is 0 Å². The van der Waals surface area contributed by atoms with Gasteiger partial charge in [0.2, 0.25) is 0 Å². The lowest BCUT2D eigenvalue weighted by Gasteiger charge is -2.38. The lowest BCUT2D eigenvalue weighted by Crippen LogP contribution is -2.48. The van der Waals surface area contributed by atoms with Crippen molar-refractivity contribution in [2.24, 2.45) is 0 Å². The van der Waals surface area contributed by atoms with Gasteiger partial charge in [-0.1, -0.05) is 181 Å². The summed E-state index contributed by atoms with van der Waals surface area (Å²) in [4.78, 5) is 9.99. The molecule has 0 radical (unpaired) electrons. The molecule has 0 saturated carbocycles. The first-order valence-electron chi connectivity index (χ1n) is 29.8. The van der Waals surface area contributed by atoms with E-state index in [4.69, 9.17) is 9.47 Å². The number of para-hydroxylation sites is 2. The van der Waals surface area contributed by atoms with E-state index >= 15 is 0 Å². The Balaban J connectivity index is 0.000000179. The van der Waals surface area contributed by atoms with Gasteiger partial charge in [-0.2, -0.15) is 9.36 Å². The van der Waals surface area contributed by atoms with Crippen LogP contribution in [0.25, 0.3) is 23.5 Å². The Morgan fingerprint density at radius 3 is 1.12 bits per heavy atom. The van der Waals surface area contributed by atoms with Crippen LogP contribution < -0.4 is 9.47 Å². The second-order valence-electron chi connectivity index (χ2n) is 22.5. The first-order valence-corrected chi connectivity index (χ1v) is 29.8. The van der Waals surface area contributed by atoms with E-state index in [1.54, 1.807) is 0 Å². The van der Waals surface area contributed by atoms with E-state index in [0.29, 0.717) is 0 Å². The SMILES string of the molecule is Cc1ccc(Oc2cccc([C@@H](c3nnnn3-c3c(C)cccc3C)N3CCN(C/C=C/c4ccccc4)CC3)c2)cc1.Cc1ccc(Oc2cccc([C@H](c3nnnn3-c3c(C)cccc3C)N3CCN(C/C=C/c4ccccc4)CC3)c2)cc1. The van der Waals surface area contributed by atoms with Crippen LogP contribution in [0, 0.1) is 41.5 Å². The molecule has 2 saturated heterocycles. The second-order valence-corrected chi connectivity index (χ2v) is 22.5. The Morgan fingerprint density at radius 1 is 0.384 bits per heavy atom. The maximum absolute atomic E-state index is 6.29. The number of hydrogen-bond acceptors (Lipinski definition) is 12. The summed E-state index contributed by atoms with van der Waals surface area (Å²) in [7, 11) is 0. The summed E-state index contributed by atoms with van der Waals surface area (Å²) in [5.41, 5.74) is 13.7. The smallest absolute Gasteiger partial charge is 0.178 e. The molecule has 0 bridgehead atoms. The number of piperazine rings is 2. The van der Waals surface area contributed by atoms with Gasteiger partial charge in [0.1, 0.15) is 23.0 Å². The highest BCUT2D eigenvalue weighted by Crippen LogP contribution is 2.36. The zero-order valence-corrected chi connectivity index (χ0v) is 50.2. The van der Waals surface area contributed by atoms with Crippen LogP contribution in [-0.4, -0.2) is 125 Å². The molecule has 436 valence electrons. The molecule has 2 fully saturated rings. The maximum Gasteiger partial charge on any atom is 0.178 e. The van der Waals surface area contributed by atoms with E-state index in [1.807, 2.05) is 57.9 Å². The first kappa shape index (κ1) is 58.6. The number of tetrazole rings is 2. The van der Waals surface area contributed by atoms with Gasteiger partial charge >= 0.3 is 0 Å². The van der Waals surface area contributed by atoms with Crippen LogP contribution >= 0.6 is 0 Å². The van der Waals surface area contributed by atoms with E-state index in [2.05, 4.69) is 262 Å². The van der Waals surface area contributed by atoms with Gasteiger partial charge in [0.05, 0.1) is 23.5 Å². The Labute approximate surface area is 506 Å². The molecule has 0 amide bonds. The molecule has 8 aromatic carbocycles. The van der Waals surface area contributed by atoms with Crippen LogP contribution in [0.5, 0.6) is 23.0 Å². The van der Waals surface area contributed by atoms with Crippen LogP contribution in [0.1, 0.15) is 79.4 Å². The number of hydrogen-bond donors (Lipinski definition) is 0. The van der Waals surface area contributed by atoms with Crippen molar-refractivity contribution in [2.45, 2.75) is 53.6 Å². The van der Waals surface area contributed by atoms with Crippen molar-refractivity contribution in [2.75, 3.05) is 65.4 Å². The minimum atomic E-state index is -0.141. The van der Waals surface area contributed by atoms with Gasteiger partial charge < -0.3 is 9.47 Å². The minimum absolute atomic E-state index is 0.141. The molecule has 2 aromatic heterocycles. The maximum atomic E-state index is 6.29. The van der Waals surface area contributed by atoms with Crippen LogP contribution in [0.4, 0.5) is 0 Å². The summed E-state index contributed by atoms with van der Waals surface area (Å²) in [5, 5.41) is 26.7. The average molecular weight is 1140 g/mol. The molecule has 2 aliphatic heterocycles. The fourth-order valence-corrected chi connectivity index (χ4v) is 11.6. The van der Waals surface area contributed by atoms with E-state index in [1.165, 1.54) is 22.3 Å². The summed E-state index contributed by atoms with van der Waals surface area (Å²) in [6, 6.07) is 66.2. The summed E-state index contributed by atoms with van der Waals surface area (Å²) >= 11 is 0. The molecule has 14 nitrogen and oxygen atoms in total. The lowest BCUT2D eigenvalue weighted by molar-refractivity contribution is 0.113. The van der Waals surface area contributed by atoms with Crippen molar-refractivity contribution in [3.63, 3.8) is 0 Å². The Hall–Kier alpha value is -9.18. The van der Waals surface area contributed by atoms with Crippen molar-refractivity contribution in [1.29, 1.82) is 0 Å². The van der Waals surface area contributed by atoms with Crippen LogP contribution in [-0.2, 0) is 0 Å². The molecule has 0 N–H and O–H groups in total. The van der Waals surface area contributed by atoms with Crippen LogP contribution in [0.2, 0.25) is 0 Å². The number of nitrogens with zero attached hydrogens (tertiary/aromatic N) is 12. The van der Waals surface area contributed by atoms with Gasteiger partial charge in [0.25, 0.3) is 0 Å². The third-order valence-electron chi connectivity index (χ3n) is 16.1. The number of rotatable bonds is 18. The molecule has 10 aromatic rings. The van der Waals surface area contributed by atoms with Crippen molar-refractivity contribution in [3.8, 4) is 34.4 Å². The third-order valence-corrected chi connectivity index (χ3v) is 16.1. The van der Waals surface area contributed by atoms with E-state index in [9.17, 15) is 0 Å². The van der Waals surface area contributed by atoms with Crippen molar-refractivity contribution >= 4 is 12.2 Å². The summed E-state index contributed by atoms with van der Waals surface area (Å²) in [5.74, 6) is 4.84. The zero-order chi connectivity index (χ0) is 59.2. The van der Waals surface area contributed by atoms with Crippen molar-refractivity contribution in [1.82, 2.24) is 60.0 Å². The molecule has 0 unspecified atom stereocenters. The molecular formula is C72H76N12O2. The van der Waals surface area contributed by atoms with E-state index in [0.717, 1.165) is 145 Å². The standard InChI is InChI=1S/2C36H38N6O/c2*1-27-17-19-32(20-18-27)43-33-16-8-15-31(26-33)35(36-37-38-39-42(36)34-28(2)10-7-11-29(34)3)41-24-22-40(23-25-41)21-9-14-30-12-5-4-6-13-30/h2*4-20,26,35H,21-25H2,1-3H3/b2*14-9+/t2*35-/m10/s1. The molecule has 0 spiro atoms. The third kappa shape index (κ3) is 14.7. The van der Waals surface area contributed by atoms with Crippen LogP contribution in [0.15, 0.2) is 206 Å². The predicted octanol–water partition coefficient (Wildman–Crippen LogP) is 13.6. The second kappa shape index (κ2) is 28.1. The molecule has 12 rings (SSSR count). The average Bonchev–Trinajstić information content (AvgIpc) is 3.66. The largest absolute Gasteiger partial charge is 0.457 e. The Bertz CT molecular complexity index is 3550. The lowest BCUT2D eigenvalue weighted by atomic mass is 10.0. The highest BCUT2D eigenvalue weighted by atomic mass is 16.5. The van der Waals surface area contributed by atoms with Crippen LogP contribution in [0.3, 0.4) is 0 Å². The Morgan fingerprint density at radius 2 is 0.744 bits per heavy atom. The molecule has 2 aliphatic rings. The number of benzene rings is 8. The topological polar surface area (TPSA) is 119 Å². The monoisotopic (exact) mass is 1140 g/mol. The molecular weight excluding hydrogens is 1060 g/mol. The van der Waals surface area contributed by atoms with Gasteiger partial charge in [0, 0.05) is 65.4 Å². The van der Waals surface area contributed by atoms with Gasteiger partial charge in [0.15, 0.2) is 11.6 Å². The molecule has 4 heterocycles. The first-order chi connectivity index (χ1) is 42.1. The van der Waals surface area contributed by atoms with Gasteiger partial charge in [-0.15, -0.1) is 10.2 Å². The summed E-state index contributed by atoms with van der Waals surface area (Å²) in [6.45, 7) is 21.9. The fourth-order valence-electron chi connectivity index (χ4n) is 11.6. The highest BCUT2D eigenvalue weighted by Gasteiger charge is 2.34. The van der Waals surface area contributed by atoms with Crippen molar-refractivity contribution < 1.29 is 9.47 Å². The van der Waals surface area contributed by atoms with Crippen molar-refractivity contribution in [3.05, 3.63) is 274 Å². The molecule has 0 aliphatic carbocycles. The summed E-state index contributed by atoms with van der Waals surface area (Å²) in [6.07, 6.45) is 8.92. The van der Waals surface area contributed by atoms with Gasteiger partial charge in [-0.3, -0.25) is 19.6 Å². The highest BCUT2D eigenvalue weighted by molar-refractivity contribution is 5.51. The normalized spacial score (nSPS) is 15.1. The molecule has 14 heteroatoms. The number of aryl methyl sites for hydroxylation is 6. The quantitative estimate of drug-likeness (QED) is 0.0814. The number of aromatic nitrogens is 8. The predicted molar refractivity (Wildman–Crippen MR) is 343 cm³/mol. The van der Waals surface area contributed by atoms with Gasteiger partial charge in [-0.25, -0.2) is 0 Å².